The number of hydrogen-bond acceptors (Lipinski definition) is 3. The number of hydrogen-bond donors (Lipinski definition) is 3. The number of likely N-dealkylation sites (tertiary alicyclic amines) is 1. The first-order valence-corrected chi connectivity index (χ1v) is 7.05. The molecule has 2 unspecified atom stereocenters. The zero-order valence-corrected chi connectivity index (χ0v) is 12.3. The molecule has 3 amide bonds. The molecule has 2 atom stereocenters. The number of benzene rings is 1. The Hall–Kier alpha value is -2.57. The van der Waals surface area contributed by atoms with Gasteiger partial charge in [0.2, 0.25) is 0 Å². The second-order valence-electron chi connectivity index (χ2n) is 5.66. The average molecular weight is 305 g/mol. The summed E-state index contributed by atoms with van der Waals surface area (Å²) in [4.78, 5) is 36.1. The molecule has 22 heavy (non-hydrogen) atoms. The second-order valence-corrected chi connectivity index (χ2v) is 5.66. The maximum absolute atomic E-state index is 12.5. The standard InChI is InChI=1S/C15H19N3O4/c1-9-5-11(14(20)21)8-18(7-9)13(19)10-3-2-4-12(6-10)17-15(16)22/h2-4,6,9,11H,5,7-8H2,1H3,(H,20,21)(H3,16,17,22). The van der Waals surface area contributed by atoms with Gasteiger partial charge >= 0.3 is 12.0 Å². The van der Waals surface area contributed by atoms with Crippen LogP contribution in [-0.2, 0) is 4.79 Å². The molecule has 7 heteroatoms. The number of nitrogens with one attached hydrogen (secondary N) is 1. The average Bonchev–Trinajstić information content (AvgIpc) is 2.45. The summed E-state index contributed by atoms with van der Waals surface area (Å²) in [6.07, 6.45) is 0.572. The van der Waals surface area contributed by atoms with Crippen molar-refractivity contribution in [1.29, 1.82) is 0 Å². The summed E-state index contributed by atoms with van der Waals surface area (Å²) in [5.41, 5.74) is 5.87. The number of anilines is 1. The van der Waals surface area contributed by atoms with E-state index in [2.05, 4.69) is 5.32 Å². The number of amides is 3. The molecule has 0 spiro atoms. The number of nitrogens with zero attached hydrogens (tertiary/aromatic N) is 1. The van der Waals surface area contributed by atoms with Gasteiger partial charge in [0.15, 0.2) is 0 Å². The third-order valence-electron chi connectivity index (χ3n) is 3.67. The number of carboxylic acid groups (broad SMARTS) is 1. The van der Waals surface area contributed by atoms with Crippen molar-refractivity contribution >= 4 is 23.6 Å². The van der Waals surface area contributed by atoms with Crippen molar-refractivity contribution in [2.75, 3.05) is 18.4 Å². The smallest absolute Gasteiger partial charge is 0.316 e. The minimum Gasteiger partial charge on any atom is -0.481 e. The van der Waals surface area contributed by atoms with Crippen molar-refractivity contribution in [1.82, 2.24) is 4.90 Å². The zero-order chi connectivity index (χ0) is 16.3. The molecular weight excluding hydrogens is 286 g/mol. The minimum absolute atomic E-state index is 0.130. The lowest BCUT2D eigenvalue weighted by Gasteiger charge is -2.34. The first kappa shape index (κ1) is 15.8. The Kier molecular flexibility index (Phi) is 4.65. The number of primary amides is 1. The van der Waals surface area contributed by atoms with Crippen LogP contribution in [0.4, 0.5) is 10.5 Å². The number of carbonyl (C=O) groups excluding carboxylic acids is 2. The summed E-state index contributed by atoms with van der Waals surface area (Å²) in [5.74, 6) is -1.54. The normalized spacial score (nSPS) is 21.2. The molecule has 0 aromatic heterocycles. The Morgan fingerprint density at radius 2 is 2.05 bits per heavy atom. The van der Waals surface area contributed by atoms with Gasteiger partial charge in [-0.1, -0.05) is 13.0 Å². The van der Waals surface area contributed by atoms with Gasteiger partial charge in [-0.25, -0.2) is 4.79 Å². The first-order chi connectivity index (χ1) is 10.4. The molecule has 1 heterocycles. The van der Waals surface area contributed by atoms with Gasteiger partial charge in [0.1, 0.15) is 0 Å². The summed E-state index contributed by atoms with van der Waals surface area (Å²) in [7, 11) is 0. The fourth-order valence-electron chi connectivity index (χ4n) is 2.75. The third kappa shape index (κ3) is 3.75. The van der Waals surface area contributed by atoms with Crippen molar-refractivity contribution in [3.8, 4) is 0 Å². The van der Waals surface area contributed by atoms with Crippen LogP contribution in [0.15, 0.2) is 24.3 Å². The lowest BCUT2D eigenvalue weighted by molar-refractivity contribution is -0.143. The largest absolute Gasteiger partial charge is 0.481 e. The van der Waals surface area contributed by atoms with E-state index in [0.717, 1.165) is 0 Å². The molecule has 1 aliphatic heterocycles. The van der Waals surface area contributed by atoms with Gasteiger partial charge in [-0.05, 0) is 30.5 Å². The predicted molar refractivity (Wildman–Crippen MR) is 80.5 cm³/mol. The predicted octanol–water partition coefficient (Wildman–Crippen LogP) is 1.36. The quantitative estimate of drug-likeness (QED) is 0.782. The molecule has 0 saturated carbocycles. The number of nitrogens with two attached hydrogens (primary N) is 1. The Bertz CT molecular complexity index is 602. The van der Waals surface area contributed by atoms with Crippen LogP contribution in [0.5, 0.6) is 0 Å². The summed E-state index contributed by atoms with van der Waals surface area (Å²) >= 11 is 0. The lowest BCUT2D eigenvalue weighted by Crippen LogP contribution is -2.45. The van der Waals surface area contributed by atoms with E-state index in [-0.39, 0.29) is 18.4 Å². The molecule has 1 saturated heterocycles. The van der Waals surface area contributed by atoms with Gasteiger partial charge in [-0.3, -0.25) is 9.59 Å². The summed E-state index contributed by atoms with van der Waals surface area (Å²) in [6.45, 7) is 2.66. The van der Waals surface area contributed by atoms with Crippen LogP contribution in [-0.4, -0.2) is 41.0 Å². The van der Waals surface area contributed by atoms with Gasteiger partial charge in [-0.15, -0.1) is 0 Å². The van der Waals surface area contributed by atoms with E-state index in [1.807, 2.05) is 6.92 Å². The maximum atomic E-state index is 12.5. The fraction of sp³-hybridized carbons (Fsp3) is 0.400. The Morgan fingerprint density at radius 3 is 2.68 bits per heavy atom. The summed E-state index contributed by atoms with van der Waals surface area (Å²) in [5, 5.41) is 11.6. The maximum Gasteiger partial charge on any atom is 0.316 e. The summed E-state index contributed by atoms with van der Waals surface area (Å²) in [6, 6.07) is 5.72. The van der Waals surface area contributed by atoms with Gasteiger partial charge in [0.05, 0.1) is 5.92 Å². The monoisotopic (exact) mass is 305 g/mol. The second kappa shape index (κ2) is 6.46. The van der Waals surface area contributed by atoms with Crippen molar-refractivity contribution in [2.45, 2.75) is 13.3 Å². The molecule has 0 bridgehead atoms. The van der Waals surface area contributed by atoms with Crippen LogP contribution in [0.3, 0.4) is 0 Å². The van der Waals surface area contributed by atoms with Crippen LogP contribution in [0.2, 0.25) is 0 Å². The highest BCUT2D eigenvalue weighted by molar-refractivity contribution is 5.97. The SMILES string of the molecule is CC1CC(C(=O)O)CN(C(=O)c2cccc(NC(N)=O)c2)C1. The van der Waals surface area contributed by atoms with E-state index in [0.29, 0.717) is 24.2 Å². The van der Waals surface area contributed by atoms with E-state index < -0.39 is 17.9 Å². The van der Waals surface area contributed by atoms with Gasteiger partial charge < -0.3 is 21.1 Å². The van der Waals surface area contributed by atoms with Crippen molar-refractivity contribution in [3.63, 3.8) is 0 Å². The molecule has 2 rings (SSSR count). The number of aliphatic carboxylic acids is 1. The molecule has 1 aliphatic rings. The van der Waals surface area contributed by atoms with E-state index >= 15 is 0 Å². The first-order valence-electron chi connectivity index (χ1n) is 7.05. The van der Waals surface area contributed by atoms with Crippen molar-refractivity contribution in [3.05, 3.63) is 29.8 Å². The molecule has 1 aromatic rings. The molecule has 0 radical (unpaired) electrons. The molecular formula is C15H19N3O4. The Morgan fingerprint density at radius 1 is 1.32 bits per heavy atom. The van der Waals surface area contributed by atoms with Crippen molar-refractivity contribution < 1.29 is 19.5 Å². The highest BCUT2D eigenvalue weighted by Crippen LogP contribution is 2.24. The number of carbonyl (C=O) groups is 3. The van der Waals surface area contributed by atoms with Gasteiger partial charge in [0, 0.05) is 24.3 Å². The number of carboxylic acids is 1. The minimum atomic E-state index is -0.881. The van der Waals surface area contributed by atoms with Crippen LogP contribution in [0.25, 0.3) is 0 Å². The molecule has 1 fully saturated rings. The molecule has 4 N–H and O–H groups in total. The number of piperidine rings is 1. The molecule has 118 valence electrons. The van der Waals surface area contributed by atoms with Crippen molar-refractivity contribution in [2.24, 2.45) is 17.6 Å². The van der Waals surface area contributed by atoms with Crippen LogP contribution >= 0.6 is 0 Å². The summed E-state index contributed by atoms with van der Waals surface area (Å²) < 4.78 is 0. The van der Waals surface area contributed by atoms with Crippen LogP contribution < -0.4 is 11.1 Å². The topological polar surface area (TPSA) is 113 Å². The highest BCUT2D eigenvalue weighted by atomic mass is 16.4. The highest BCUT2D eigenvalue weighted by Gasteiger charge is 2.32. The number of rotatable bonds is 3. The van der Waals surface area contributed by atoms with Gasteiger partial charge in [-0.2, -0.15) is 0 Å². The van der Waals surface area contributed by atoms with Gasteiger partial charge in [0.25, 0.3) is 5.91 Å². The lowest BCUT2D eigenvalue weighted by atomic mass is 9.90. The van der Waals surface area contributed by atoms with Crippen LogP contribution in [0, 0.1) is 11.8 Å². The van der Waals surface area contributed by atoms with E-state index in [1.54, 1.807) is 23.1 Å². The fourth-order valence-corrected chi connectivity index (χ4v) is 2.75. The van der Waals surface area contributed by atoms with E-state index in [4.69, 9.17) is 5.73 Å². The van der Waals surface area contributed by atoms with E-state index in [1.165, 1.54) is 6.07 Å². The van der Waals surface area contributed by atoms with Crippen LogP contribution in [0.1, 0.15) is 23.7 Å². The zero-order valence-electron chi connectivity index (χ0n) is 12.3. The molecule has 1 aromatic carbocycles. The Labute approximate surface area is 128 Å². The van der Waals surface area contributed by atoms with E-state index in [9.17, 15) is 19.5 Å². The Balaban J connectivity index is 2.16. The third-order valence-corrected chi connectivity index (χ3v) is 3.67. The molecule has 0 aliphatic carbocycles. The number of urea groups is 1. The molecule has 7 nitrogen and oxygen atoms in total.